The van der Waals surface area contributed by atoms with Gasteiger partial charge in [-0.2, -0.15) is 0 Å². The normalized spacial score (nSPS) is 19.0. The Hall–Kier alpha value is -4.92. The first-order valence-electron chi connectivity index (χ1n) is 18.1. The van der Waals surface area contributed by atoms with Gasteiger partial charge in [0.15, 0.2) is 29.0 Å². The number of nitrogens with zero attached hydrogens (tertiary/aromatic N) is 5. The van der Waals surface area contributed by atoms with E-state index in [0.29, 0.717) is 42.4 Å². The number of anilines is 1. The zero-order chi connectivity index (χ0) is 37.5. The fourth-order valence-corrected chi connectivity index (χ4v) is 7.16. The number of carbonyl (C=O) groups excluding carboxylic acids is 1. The van der Waals surface area contributed by atoms with Crippen LogP contribution in [0.2, 0.25) is 0 Å². The second-order valence-corrected chi connectivity index (χ2v) is 14.1. The molecule has 3 aromatic carbocycles. The van der Waals surface area contributed by atoms with Crippen LogP contribution in [-0.4, -0.2) is 96.4 Å². The summed E-state index contributed by atoms with van der Waals surface area (Å²) in [5.41, 5.74) is 3.95. The molecule has 1 fully saturated rings. The van der Waals surface area contributed by atoms with Gasteiger partial charge in [-0.3, -0.25) is 9.47 Å². The lowest BCUT2D eigenvalue weighted by Crippen LogP contribution is -2.49. The van der Waals surface area contributed by atoms with Gasteiger partial charge in [-0.1, -0.05) is 91.0 Å². The molecular weight excluding hydrogens is 672 g/mol. The third kappa shape index (κ3) is 8.50. The average molecular weight is 723 g/mol. The summed E-state index contributed by atoms with van der Waals surface area (Å²) in [7, 11) is 0. The molecule has 1 saturated heterocycles. The lowest BCUT2D eigenvalue weighted by atomic mass is 9.91. The fraction of sp³-hybridized carbons (Fsp3) is 0.400. The smallest absolute Gasteiger partial charge is 0.315 e. The van der Waals surface area contributed by atoms with Crippen molar-refractivity contribution in [1.82, 2.24) is 35.1 Å². The van der Waals surface area contributed by atoms with Crippen molar-refractivity contribution >= 4 is 23.0 Å². The van der Waals surface area contributed by atoms with E-state index in [1.807, 2.05) is 54.6 Å². The SMILES string of the molecule is CC(C)N(CCNC(=O)NCc1nc(NCC(c2ccccc2)c2ccccc2)c2ncn(C3OC(CO)C(O)C3O)c2n1)C(C)(C)c1ccccc1. The number of ether oxygens (including phenoxy) is 1. The van der Waals surface area contributed by atoms with Crippen molar-refractivity contribution in [2.45, 2.75) is 76.3 Å². The number of hydrogen-bond donors (Lipinski definition) is 6. The molecule has 1 aliphatic rings. The number of fused-ring (bicyclic) bond motifs is 1. The minimum atomic E-state index is -1.33. The molecule has 4 unspecified atom stereocenters. The Kier molecular flexibility index (Phi) is 12.0. The molecular formula is C40H50N8O5. The van der Waals surface area contributed by atoms with E-state index < -0.39 is 31.1 Å². The van der Waals surface area contributed by atoms with Gasteiger partial charge < -0.3 is 36.0 Å². The van der Waals surface area contributed by atoms with Gasteiger partial charge in [0, 0.05) is 37.1 Å². The molecule has 6 rings (SSSR count). The van der Waals surface area contributed by atoms with E-state index in [9.17, 15) is 20.1 Å². The number of aliphatic hydroxyl groups excluding tert-OH is 3. The van der Waals surface area contributed by atoms with Gasteiger partial charge >= 0.3 is 6.03 Å². The van der Waals surface area contributed by atoms with E-state index in [0.717, 1.165) is 11.1 Å². The summed E-state index contributed by atoms with van der Waals surface area (Å²) in [4.78, 5) is 29.6. The van der Waals surface area contributed by atoms with Crippen LogP contribution in [-0.2, 0) is 16.8 Å². The number of nitrogens with one attached hydrogen (secondary N) is 3. The number of aliphatic hydroxyl groups is 3. The minimum Gasteiger partial charge on any atom is -0.394 e. The number of hydrogen-bond acceptors (Lipinski definition) is 10. The lowest BCUT2D eigenvalue weighted by Gasteiger charge is -2.42. The summed E-state index contributed by atoms with van der Waals surface area (Å²) >= 11 is 0. The molecule has 2 aromatic heterocycles. The topological polar surface area (TPSA) is 170 Å². The molecule has 13 nitrogen and oxygen atoms in total. The standard InChI is InChI=1S/C40H50N8O5/c1-26(2)48(40(3,4)29-18-12-7-13-19-29)21-20-41-39(52)43-23-32-45-36(42-22-30(27-14-8-5-9-15-27)28-16-10-6-11-17-28)33-37(46-32)47(25-44-33)38-35(51)34(50)31(24-49)53-38/h5-19,25-26,30-31,34-35,38,49-51H,20-24H2,1-4H3,(H2,41,43,52)(H,42,45,46). The van der Waals surface area contributed by atoms with Crippen molar-refractivity contribution in [1.29, 1.82) is 0 Å². The van der Waals surface area contributed by atoms with Gasteiger partial charge in [0.1, 0.15) is 18.3 Å². The number of amides is 2. The number of imidazole rings is 1. The molecule has 0 saturated carbocycles. The summed E-state index contributed by atoms with van der Waals surface area (Å²) in [5.74, 6) is 0.716. The van der Waals surface area contributed by atoms with E-state index in [-0.39, 0.29) is 30.1 Å². The zero-order valence-corrected chi connectivity index (χ0v) is 30.6. The highest BCUT2D eigenvalue weighted by Crippen LogP contribution is 2.33. The Morgan fingerprint density at radius 2 is 1.53 bits per heavy atom. The average Bonchev–Trinajstić information content (AvgIpc) is 3.72. The van der Waals surface area contributed by atoms with Gasteiger partial charge in [-0.05, 0) is 44.4 Å². The Labute approximate surface area is 310 Å². The van der Waals surface area contributed by atoms with E-state index >= 15 is 0 Å². The van der Waals surface area contributed by atoms with Gasteiger partial charge in [0.2, 0.25) is 0 Å². The highest BCUT2D eigenvalue weighted by atomic mass is 16.6. The van der Waals surface area contributed by atoms with Crippen molar-refractivity contribution in [3.05, 3.63) is 120 Å². The van der Waals surface area contributed by atoms with Crippen LogP contribution in [0.1, 0.15) is 62.4 Å². The maximum absolute atomic E-state index is 13.1. The highest BCUT2D eigenvalue weighted by Gasteiger charge is 2.44. The molecule has 0 aliphatic carbocycles. The van der Waals surface area contributed by atoms with Crippen LogP contribution >= 0.6 is 0 Å². The van der Waals surface area contributed by atoms with Crippen LogP contribution in [0, 0.1) is 0 Å². The van der Waals surface area contributed by atoms with Crippen LogP contribution in [0.15, 0.2) is 97.3 Å². The van der Waals surface area contributed by atoms with Crippen molar-refractivity contribution in [3.8, 4) is 0 Å². The van der Waals surface area contributed by atoms with Gasteiger partial charge in [-0.25, -0.2) is 19.7 Å². The van der Waals surface area contributed by atoms with Gasteiger partial charge in [-0.15, -0.1) is 0 Å². The van der Waals surface area contributed by atoms with Crippen LogP contribution in [0.25, 0.3) is 11.2 Å². The predicted octanol–water partition coefficient (Wildman–Crippen LogP) is 4.13. The number of benzene rings is 3. The Morgan fingerprint density at radius 3 is 2.11 bits per heavy atom. The first-order valence-corrected chi connectivity index (χ1v) is 18.1. The van der Waals surface area contributed by atoms with E-state index in [1.165, 1.54) is 16.5 Å². The third-order valence-electron chi connectivity index (χ3n) is 10.0. The first kappa shape index (κ1) is 37.8. The fourth-order valence-electron chi connectivity index (χ4n) is 7.16. The van der Waals surface area contributed by atoms with Crippen LogP contribution < -0.4 is 16.0 Å². The van der Waals surface area contributed by atoms with Crippen molar-refractivity contribution in [2.24, 2.45) is 0 Å². The Balaban J connectivity index is 1.21. The number of carbonyl (C=O) groups is 1. The molecule has 53 heavy (non-hydrogen) atoms. The van der Waals surface area contributed by atoms with Crippen molar-refractivity contribution in [3.63, 3.8) is 0 Å². The van der Waals surface area contributed by atoms with Gasteiger partial charge in [0.25, 0.3) is 0 Å². The summed E-state index contributed by atoms with van der Waals surface area (Å²) in [5, 5.41) is 40.4. The monoisotopic (exact) mass is 722 g/mol. The summed E-state index contributed by atoms with van der Waals surface area (Å²) in [6.07, 6.45) is -3.18. The lowest BCUT2D eigenvalue weighted by molar-refractivity contribution is -0.0511. The van der Waals surface area contributed by atoms with Crippen LogP contribution in [0.5, 0.6) is 0 Å². The molecule has 0 radical (unpaired) electrons. The van der Waals surface area contributed by atoms with E-state index in [1.54, 1.807) is 0 Å². The Bertz CT molecular complexity index is 1890. The molecule has 280 valence electrons. The van der Waals surface area contributed by atoms with Crippen LogP contribution in [0.3, 0.4) is 0 Å². The maximum Gasteiger partial charge on any atom is 0.315 e. The molecule has 6 N–H and O–H groups in total. The van der Waals surface area contributed by atoms with E-state index in [4.69, 9.17) is 14.7 Å². The molecule has 0 spiro atoms. The number of aromatic nitrogens is 4. The quantitative estimate of drug-likeness (QED) is 0.0925. The number of rotatable bonds is 15. The second-order valence-electron chi connectivity index (χ2n) is 14.1. The molecule has 3 heterocycles. The molecule has 2 amide bonds. The minimum absolute atomic E-state index is 0.00179. The molecule has 1 aliphatic heterocycles. The van der Waals surface area contributed by atoms with E-state index in [2.05, 4.69) is 89.9 Å². The maximum atomic E-state index is 13.1. The second kappa shape index (κ2) is 16.8. The molecule has 13 heteroatoms. The predicted molar refractivity (Wildman–Crippen MR) is 203 cm³/mol. The zero-order valence-electron chi connectivity index (χ0n) is 30.6. The summed E-state index contributed by atoms with van der Waals surface area (Å²) in [6.45, 7) is 9.74. The molecule has 5 aromatic rings. The number of urea groups is 1. The van der Waals surface area contributed by atoms with Crippen molar-refractivity contribution in [2.75, 3.05) is 31.6 Å². The third-order valence-corrected chi connectivity index (χ3v) is 10.0. The summed E-state index contributed by atoms with van der Waals surface area (Å²) < 4.78 is 7.34. The first-order chi connectivity index (χ1) is 25.6. The molecule has 0 bridgehead atoms. The van der Waals surface area contributed by atoms with Gasteiger partial charge in [0.05, 0.1) is 19.5 Å². The Morgan fingerprint density at radius 1 is 0.906 bits per heavy atom. The van der Waals surface area contributed by atoms with Crippen LogP contribution in [0.4, 0.5) is 10.6 Å². The largest absolute Gasteiger partial charge is 0.394 e. The van der Waals surface area contributed by atoms with Crippen molar-refractivity contribution < 1.29 is 24.9 Å². The summed E-state index contributed by atoms with van der Waals surface area (Å²) in [6, 6.07) is 30.6. The molecule has 4 atom stereocenters. The highest BCUT2D eigenvalue weighted by molar-refractivity contribution is 5.83.